The molecule has 0 saturated carbocycles. The third kappa shape index (κ3) is 4.51. The third-order valence-electron chi connectivity index (χ3n) is 3.92. The van der Waals surface area contributed by atoms with Gasteiger partial charge in [0.1, 0.15) is 11.6 Å². The van der Waals surface area contributed by atoms with Crippen molar-refractivity contribution in [2.45, 2.75) is 12.5 Å². The Morgan fingerprint density at radius 2 is 1.28 bits per heavy atom. The standard InChI is InChI=1S/C21H17F2NO/c22-18-10-6-15(7-11-18)14-20(25)24-21(16-4-2-1-3-5-16)17-8-12-19(23)13-9-17/h1-13,21H,14H2,(H,24,25). The summed E-state index contributed by atoms with van der Waals surface area (Å²) >= 11 is 0. The van der Waals surface area contributed by atoms with Gasteiger partial charge in [-0.2, -0.15) is 0 Å². The van der Waals surface area contributed by atoms with E-state index in [1.54, 1.807) is 24.3 Å². The second-order valence-electron chi connectivity index (χ2n) is 5.77. The fourth-order valence-corrected chi connectivity index (χ4v) is 2.66. The molecule has 126 valence electrons. The number of hydrogen-bond donors (Lipinski definition) is 1. The molecule has 4 heteroatoms. The molecule has 0 bridgehead atoms. The average molecular weight is 337 g/mol. The van der Waals surface area contributed by atoms with E-state index in [-0.39, 0.29) is 30.0 Å². The first-order chi connectivity index (χ1) is 12.1. The summed E-state index contributed by atoms with van der Waals surface area (Å²) in [6.45, 7) is 0. The molecule has 0 fully saturated rings. The molecule has 0 aliphatic carbocycles. The first kappa shape index (κ1) is 16.8. The van der Waals surface area contributed by atoms with Crippen LogP contribution in [0, 0.1) is 11.6 Å². The van der Waals surface area contributed by atoms with Crippen LogP contribution in [-0.2, 0) is 11.2 Å². The number of hydrogen-bond acceptors (Lipinski definition) is 1. The van der Waals surface area contributed by atoms with Crippen molar-refractivity contribution < 1.29 is 13.6 Å². The Kier molecular flexibility index (Phi) is 5.19. The van der Waals surface area contributed by atoms with Crippen LogP contribution in [-0.4, -0.2) is 5.91 Å². The Balaban J connectivity index is 1.81. The van der Waals surface area contributed by atoms with Crippen LogP contribution in [0.2, 0.25) is 0 Å². The zero-order valence-corrected chi connectivity index (χ0v) is 13.5. The smallest absolute Gasteiger partial charge is 0.225 e. The topological polar surface area (TPSA) is 29.1 Å². The van der Waals surface area contributed by atoms with Gasteiger partial charge >= 0.3 is 0 Å². The number of rotatable bonds is 5. The predicted molar refractivity (Wildman–Crippen MR) is 92.9 cm³/mol. The summed E-state index contributed by atoms with van der Waals surface area (Å²) < 4.78 is 26.2. The van der Waals surface area contributed by atoms with Gasteiger partial charge in [-0.3, -0.25) is 4.79 Å². The minimum absolute atomic E-state index is 0.144. The van der Waals surface area contributed by atoms with Crippen molar-refractivity contribution in [2.24, 2.45) is 0 Å². The summed E-state index contributed by atoms with van der Waals surface area (Å²) in [4.78, 5) is 12.4. The number of nitrogens with one attached hydrogen (secondary N) is 1. The monoisotopic (exact) mass is 337 g/mol. The molecule has 1 N–H and O–H groups in total. The average Bonchev–Trinajstić information content (AvgIpc) is 2.63. The van der Waals surface area contributed by atoms with E-state index in [0.717, 1.165) is 16.7 Å². The number of halogens is 2. The van der Waals surface area contributed by atoms with E-state index >= 15 is 0 Å². The fraction of sp³-hybridized carbons (Fsp3) is 0.0952. The van der Waals surface area contributed by atoms with Gasteiger partial charge in [-0.05, 0) is 41.0 Å². The molecule has 3 aromatic rings. The van der Waals surface area contributed by atoms with E-state index in [1.807, 2.05) is 30.3 Å². The van der Waals surface area contributed by atoms with Gasteiger partial charge in [0.15, 0.2) is 0 Å². The van der Waals surface area contributed by atoms with Crippen LogP contribution in [0.5, 0.6) is 0 Å². The van der Waals surface area contributed by atoms with Gasteiger partial charge < -0.3 is 5.32 Å². The van der Waals surface area contributed by atoms with Crippen molar-refractivity contribution in [3.8, 4) is 0 Å². The van der Waals surface area contributed by atoms with Crippen LogP contribution < -0.4 is 5.32 Å². The third-order valence-corrected chi connectivity index (χ3v) is 3.92. The van der Waals surface area contributed by atoms with Gasteiger partial charge in [0.05, 0.1) is 12.5 Å². The molecule has 0 aliphatic heterocycles. The molecule has 25 heavy (non-hydrogen) atoms. The molecule has 0 aliphatic rings. The molecule has 1 unspecified atom stereocenters. The number of carbonyl (C=O) groups excluding carboxylic acids is 1. The van der Waals surface area contributed by atoms with Crippen molar-refractivity contribution in [3.05, 3.63) is 107 Å². The summed E-state index contributed by atoms with van der Waals surface area (Å²) in [6, 6.07) is 21.0. The van der Waals surface area contributed by atoms with E-state index in [2.05, 4.69) is 5.32 Å². The summed E-state index contributed by atoms with van der Waals surface area (Å²) in [7, 11) is 0. The Morgan fingerprint density at radius 3 is 1.88 bits per heavy atom. The second-order valence-corrected chi connectivity index (χ2v) is 5.77. The molecule has 1 amide bonds. The van der Waals surface area contributed by atoms with Crippen molar-refractivity contribution in [3.63, 3.8) is 0 Å². The molecule has 0 saturated heterocycles. The first-order valence-corrected chi connectivity index (χ1v) is 7.96. The summed E-state index contributed by atoms with van der Waals surface area (Å²) in [6.07, 6.45) is 0.144. The molecule has 0 heterocycles. The molecule has 0 aromatic heterocycles. The van der Waals surface area contributed by atoms with E-state index < -0.39 is 0 Å². The lowest BCUT2D eigenvalue weighted by atomic mass is 9.98. The van der Waals surface area contributed by atoms with Crippen molar-refractivity contribution in [2.75, 3.05) is 0 Å². The second kappa shape index (κ2) is 7.71. The van der Waals surface area contributed by atoms with Crippen LogP contribution in [0.3, 0.4) is 0 Å². The molecular weight excluding hydrogens is 320 g/mol. The van der Waals surface area contributed by atoms with E-state index in [9.17, 15) is 13.6 Å². The quantitative estimate of drug-likeness (QED) is 0.734. The predicted octanol–water partition coefficient (Wildman–Crippen LogP) is 4.41. The maximum absolute atomic E-state index is 13.2. The van der Waals surface area contributed by atoms with Gasteiger partial charge in [0, 0.05) is 0 Å². The van der Waals surface area contributed by atoms with E-state index in [0.29, 0.717) is 0 Å². The minimum atomic E-state index is -0.380. The van der Waals surface area contributed by atoms with E-state index in [1.165, 1.54) is 24.3 Å². The van der Waals surface area contributed by atoms with Crippen LogP contribution in [0.1, 0.15) is 22.7 Å². The van der Waals surface area contributed by atoms with Gasteiger partial charge in [0.2, 0.25) is 5.91 Å². The maximum Gasteiger partial charge on any atom is 0.225 e. The summed E-state index contributed by atoms with van der Waals surface area (Å²) in [5, 5.41) is 2.98. The highest BCUT2D eigenvalue weighted by molar-refractivity contribution is 5.79. The van der Waals surface area contributed by atoms with Gasteiger partial charge in [-0.25, -0.2) is 8.78 Å². The van der Waals surface area contributed by atoms with Crippen LogP contribution in [0.4, 0.5) is 8.78 Å². The number of carbonyl (C=O) groups is 1. The minimum Gasteiger partial charge on any atom is -0.345 e. The highest BCUT2D eigenvalue weighted by Gasteiger charge is 2.17. The van der Waals surface area contributed by atoms with Crippen LogP contribution >= 0.6 is 0 Å². The maximum atomic E-state index is 13.2. The molecule has 1 atom stereocenters. The van der Waals surface area contributed by atoms with Crippen LogP contribution in [0.15, 0.2) is 78.9 Å². The largest absolute Gasteiger partial charge is 0.345 e. The number of amides is 1. The van der Waals surface area contributed by atoms with Gasteiger partial charge in [-0.1, -0.05) is 54.6 Å². The number of benzene rings is 3. The normalized spacial score (nSPS) is 11.8. The Bertz CT molecular complexity index is 830. The Hall–Kier alpha value is -3.01. The highest BCUT2D eigenvalue weighted by Crippen LogP contribution is 2.22. The summed E-state index contributed by atoms with van der Waals surface area (Å²) in [5.41, 5.74) is 2.42. The Labute approximate surface area is 145 Å². The zero-order chi connectivity index (χ0) is 17.6. The van der Waals surface area contributed by atoms with Crippen LogP contribution in [0.25, 0.3) is 0 Å². The Morgan fingerprint density at radius 1 is 0.760 bits per heavy atom. The lowest BCUT2D eigenvalue weighted by Crippen LogP contribution is -2.30. The van der Waals surface area contributed by atoms with Crippen molar-refractivity contribution in [1.82, 2.24) is 5.32 Å². The van der Waals surface area contributed by atoms with Gasteiger partial charge in [0.25, 0.3) is 0 Å². The van der Waals surface area contributed by atoms with Crippen molar-refractivity contribution >= 4 is 5.91 Å². The van der Waals surface area contributed by atoms with Gasteiger partial charge in [-0.15, -0.1) is 0 Å². The molecule has 2 nitrogen and oxygen atoms in total. The summed E-state index contributed by atoms with van der Waals surface area (Å²) in [5.74, 6) is -0.851. The van der Waals surface area contributed by atoms with E-state index in [4.69, 9.17) is 0 Å². The molecule has 3 aromatic carbocycles. The highest BCUT2D eigenvalue weighted by atomic mass is 19.1. The zero-order valence-electron chi connectivity index (χ0n) is 13.5. The molecule has 0 spiro atoms. The molecule has 0 radical (unpaired) electrons. The molecule has 3 rings (SSSR count). The first-order valence-electron chi connectivity index (χ1n) is 7.96. The molecular formula is C21H17F2NO. The fourth-order valence-electron chi connectivity index (χ4n) is 2.66. The lowest BCUT2D eigenvalue weighted by Gasteiger charge is -2.20. The SMILES string of the molecule is O=C(Cc1ccc(F)cc1)NC(c1ccccc1)c1ccc(F)cc1. The lowest BCUT2D eigenvalue weighted by molar-refractivity contribution is -0.120. The van der Waals surface area contributed by atoms with Crippen molar-refractivity contribution in [1.29, 1.82) is 0 Å².